The van der Waals surface area contributed by atoms with Gasteiger partial charge in [-0.1, -0.05) is 23.2 Å². The van der Waals surface area contributed by atoms with Crippen LogP contribution in [0.5, 0.6) is 11.5 Å². The molecule has 21 heteroatoms. The van der Waals surface area contributed by atoms with Gasteiger partial charge in [-0.25, -0.2) is 0 Å². The van der Waals surface area contributed by atoms with Gasteiger partial charge in [0, 0.05) is 37.5 Å². The maximum atomic E-state index is 13.5. The van der Waals surface area contributed by atoms with Crippen LogP contribution in [0.3, 0.4) is 0 Å². The van der Waals surface area contributed by atoms with E-state index in [0.29, 0.717) is 41.4 Å². The van der Waals surface area contributed by atoms with E-state index < -0.39 is 34.8 Å². The lowest BCUT2D eigenvalue weighted by Gasteiger charge is -2.25. The van der Waals surface area contributed by atoms with Crippen LogP contribution in [0, 0.1) is 5.41 Å². The largest absolute Gasteiger partial charge is 0.497 e. The summed E-state index contributed by atoms with van der Waals surface area (Å²) in [4.78, 5) is 38.2. The Balaban J connectivity index is 0.000000271. The highest BCUT2D eigenvalue weighted by Crippen LogP contribution is 2.40. The van der Waals surface area contributed by atoms with Gasteiger partial charge < -0.3 is 41.6 Å². The Morgan fingerprint density at radius 1 is 0.803 bits per heavy atom. The number of benzene rings is 2. The molecule has 2 aromatic carbocycles. The van der Waals surface area contributed by atoms with Gasteiger partial charge in [-0.2, -0.15) is 26.3 Å². The number of carbonyl (C=O) groups is 2. The van der Waals surface area contributed by atoms with Crippen LogP contribution in [0.25, 0.3) is 0 Å². The van der Waals surface area contributed by atoms with E-state index in [9.17, 15) is 35.9 Å². The lowest BCUT2D eigenvalue weighted by atomic mass is 9.80. The molecule has 4 heterocycles. The van der Waals surface area contributed by atoms with Gasteiger partial charge >= 0.3 is 12.4 Å². The summed E-state index contributed by atoms with van der Waals surface area (Å²) in [5.41, 5.74) is 9.93. The van der Waals surface area contributed by atoms with E-state index in [1.165, 1.54) is 81.5 Å². The van der Waals surface area contributed by atoms with E-state index in [4.69, 9.17) is 48.9 Å². The first kappa shape index (κ1) is 46.2. The predicted molar refractivity (Wildman–Crippen MR) is 216 cm³/mol. The molecule has 0 radical (unpaired) electrons. The summed E-state index contributed by atoms with van der Waals surface area (Å²) in [5, 5.41) is 8.51. The number of Topliss-reactive ketones (excluding diaryl/α,β-unsaturated/α-hetero) is 1. The number of rotatable bonds is 13. The summed E-state index contributed by atoms with van der Waals surface area (Å²) < 4.78 is 95.1. The van der Waals surface area contributed by atoms with Crippen LogP contribution in [0.4, 0.5) is 54.8 Å². The standard InChI is InChI=1S/C26H25ClF3N5O4.C14H13ClF3N3O/c1-38-18-2-3-21(19(8-18)26(28,29)30)35-17-7-20(27)22(33-12-17)13-34-24(37)25(4-5-39-14-25)9-23(36)15-6-16(31)11-32-10-15;1-22-9-2-3-12(10(5-9)14(16,17)18)21-8-4-11(15)13(6-19)20-7-8/h2-3,6-8,10-12,35H,4-5,9,13-14,31H2,1H3,(H,34,37);2-5,7,21H,6,19H2,1H3/t25-;/m0./s1. The second-order valence-electron chi connectivity index (χ2n) is 13.5. The first-order chi connectivity index (χ1) is 28.8. The number of halogens is 8. The Labute approximate surface area is 355 Å². The molecule has 1 fully saturated rings. The molecule has 0 spiro atoms. The Kier molecular flexibility index (Phi) is 14.9. The molecule has 0 saturated carbocycles. The van der Waals surface area contributed by atoms with Crippen molar-refractivity contribution in [3.05, 3.63) is 118 Å². The van der Waals surface area contributed by atoms with Gasteiger partial charge in [-0.05, 0) is 61.0 Å². The lowest BCUT2D eigenvalue weighted by molar-refractivity contribution is -0.137. The molecule has 5 aromatic rings. The molecule has 0 bridgehead atoms. The third kappa shape index (κ3) is 11.9. The number of carbonyl (C=O) groups excluding carboxylic acids is 2. The SMILES string of the molecule is COc1ccc(Nc2cnc(CN)c(Cl)c2)c(C(F)(F)F)c1.COc1ccc(Nc2cnc(CNC(=O)[C@]3(CC(=O)c4cncc(N)c4)CCOC3)c(Cl)c2)c(C(F)(F)F)c1. The van der Waals surface area contributed by atoms with Gasteiger partial charge in [0.25, 0.3) is 0 Å². The summed E-state index contributed by atoms with van der Waals surface area (Å²) in [6.07, 6.45) is -3.41. The first-order valence-electron chi connectivity index (χ1n) is 18.0. The second kappa shape index (κ2) is 19.7. The van der Waals surface area contributed by atoms with Gasteiger partial charge in [0.05, 0.1) is 106 Å². The molecule has 61 heavy (non-hydrogen) atoms. The molecule has 3 aromatic heterocycles. The molecule has 13 nitrogen and oxygen atoms in total. The molecule has 324 valence electrons. The minimum Gasteiger partial charge on any atom is -0.497 e. The van der Waals surface area contributed by atoms with Crippen molar-refractivity contribution < 1.29 is 50.1 Å². The van der Waals surface area contributed by atoms with Crippen molar-refractivity contribution in [2.45, 2.75) is 38.3 Å². The van der Waals surface area contributed by atoms with Crippen LogP contribution in [-0.2, 0) is 35.0 Å². The number of ketones is 1. The van der Waals surface area contributed by atoms with Crippen LogP contribution in [-0.4, -0.2) is 54.1 Å². The normalized spacial score (nSPS) is 15.0. The summed E-state index contributed by atoms with van der Waals surface area (Å²) in [7, 11) is 2.58. The third-order valence-corrected chi connectivity index (χ3v) is 9.89. The van der Waals surface area contributed by atoms with Gasteiger partial charge in [-0.3, -0.25) is 24.5 Å². The number of anilines is 5. The number of nitrogens with zero attached hydrogens (tertiary/aromatic N) is 3. The molecule has 1 aliphatic heterocycles. The molecule has 0 unspecified atom stereocenters. The fourth-order valence-electron chi connectivity index (χ4n) is 6.03. The zero-order valence-corrected chi connectivity index (χ0v) is 33.8. The van der Waals surface area contributed by atoms with E-state index in [2.05, 4.69) is 30.9 Å². The molecule has 6 rings (SSSR count). The highest BCUT2D eigenvalue weighted by molar-refractivity contribution is 6.31. The number of ether oxygens (including phenoxy) is 3. The molecule has 7 N–H and O–H groups in total. The van der Waals surface area contributed by atoms with Gasteiger partial charge in [0.2, 0.25) is 5.91 Å². The highest BCUT2D eigenvalue weighted by Gasteiger charge is 2.44. The average Bonchev–Trinajstić information content (AvgIpc) is 3.70. The van der Waals surface area contributed by atoms with E-state index in [0.717, 1.165) is 12.1 Å². The Morgan fingerprint density at radius 3 is 1.79 bits per heavy atom. The second-order valence-corrected chi connectivity index (χ2v) is 14.3. The van der Waals surface area contributed by atoms with Crippen LogP contribution in [0.1, 0.15) is 45.7 Å². The fourth-order valence-corrected chi connectivity index (χ4v) is 6.50. The monoisotopic (exact) mass is 894 g/mol. The van der Waals surface area contributed by atoms with Gasteiger partial charge in [0.15, 0.2) is 5.78 Å². The molecular weight excluding hydrogens is 857 g/mol. The minimum absolute atomic E-state index is 0.0619. The summed E-state index contributed by atoms with van der Waals surface area (Å²) in [5.74, 6) is -0.517. The summed E-state index contributed by atoms with van der Waals surface area (Å²) >= 11 is 12.3. The maximum Gasteiger partial charge on any atom is 0.418 e. The van der Waals surface area contributed by atoms with Crippen LogP contribution in [0.2, 0.25) is 10.0 Å². The predicted octanol–water partition coefficient (Wildman–Crippen LogP) is 8.74. The topological polar surface area (TPSA) is 189 Å². The highest BCUT2D eigenvalue weighted by atomic mass is 35.5. The Bertz CT molecular complexity index is 2360. The summed E-state index contributed by atoms with van der Waals surface area (Å²) in [6, 6.07) is 11.5. The lowest BCUT2D eigenvalue weighted by Crippen LogP contribution is -2.43. The Hall–Kier alpha value is -5.89. The summed E-state index contributed by atoms with van der Waals surface area (Å²) in [6.45, 7) is 0.466. The van der Waals surface area contributed by atoms with Crippen LogP contribution < -0.4 is 36.9 Å². The third-order valence-electron chi connectivity index (χ3n) is 9.23. The minimum atomic E-state index is -4.62. The van der Waals surface area contributed by atoms with Crippen molar-refractivity contribution in [3.8, 4) is 11.5 Å². The van der Waals surface area contributed by atoms with Crippen LogP contribution in [0.15, 0.2) is 79.4 Å². The fraction of sp³-hybridized carbons (Fsp3) is 0.275. The number of hydrogen-bond donors (Lipinski definition) is 5. The zero-order chi connectivity index (χ0) is 44.5. The maximum absolute atomic E-state index is 13.5. The smallest absolute Gasteiger partial charge is 0.418 e. The van der Waals surface area contributed by atoms with Gasteiger partial charge in [0.1, 0.15) is 11.5 Å². The zero-order valence-electron chi connectivity index (χ0n) is 32.3. The van der Waals surface area contributed by atoms with Crippen LogP contribution >= 0.6 is 23.2 Å². The van der Waals surface area contributed by atoms with E-state index in [1.54, 1.807) is 0 Å². The number of hydrogen-bond acceptors (Lipinski definition) is 12. The number of pyridine rings is 3. The number of nitrogens with one attached hydrogen (secondary N) is 3. The van der Waals surface area contributed by atoms with Crippen molar-refractivity contribution in [1.29, 1.82) is 0 Å². The number of nitrogens with two attached hydrogens (primary N) is 2. The molecule has 1 atom stereocenters. The molecule has 1 amide bonds. The van der Waals surface area contributed by atoms with Crippen molar-refractivity contribution >= 4 is 63.3 Å². The quantitative estimate of drug-likeness (QED) is 0.0559. The van der Waals surface area contributed by atoms with Crippen molar-refractivity contribution in [2.24, 2.45) is 11.1 Å². The Morgan fingerprint density at radius 2 is 1.34 bits per heavy atom. The number of nitrogen functional groups attached to an aromatic ring is 1. The van der Waals surface area contributed by atoms with E-state index in [1.807, 2.05) is 0 Å². The average molecular weight is 896 g/mol. The van der Waals surface area contributed by atoms with E-state index in [-0.39, 0.29) is 70.5 Å². The van der Waals surface area contributed by atoms with Crippen molar-refractivity contribution in [3.63, 3.8) is 0 Å². The van der Waals surface area contributed by atoms with Crippen molar-refractivity contribution in [2.75, 3.05) is 43.8 Å². The van der Waals surface area contributed by atoms with E-state index >= 15 is 0 Å². The number of alkyl halides is 6. The molecule has 1 saturated heterocycles. The van der Waals surface area contributed by atoms with Gasteiger partial charge in [-0.15, -0.1) is 0 Å². The number of amides is 1. The number of methoxy groups -OCH3 is 2. The van der Waals surface area contributed by atoms with Crippen molar-refractivity contribution in [1.82, 2.24) is 20.3 Å². The molecule has 0 aliphatic carbocycles. The molecule has 1 aliphatic rings. The molecular formula is C40H38Cl2F6N8O5. The first-order valence-corrected chi connectivity index (χ1v) is 18.7. The number of aromatic nitrogens is 3.